The quantitative estimate of drug-likeness (QED) is 0.909. The van der Waals surface area contributed by atoms with Gasteiger partial charge in [0, 0.05) is 5.41 Å². The van der Waals surface area contributed by atoms with E-state index in [4.69, 9.17) is 11.6 Å². The van der Waals surface area contributed by atoms with Crippen LogP contribution in [0.15, 0.2) is 27.6 Å². The zero-order valence-electron chi connectivity index (χ0n) is 9.54. The van der Waals surface area contributed by atoms with E-state index < -0.39 is 21.3 Å². The maximum absolute atomic E-state index is 12.1. The van der Waals surface area contributed by atoms with E-state index in [0.29, 0.717) is 12.8 Å². The molecule has 1 aliphatic rings. The average molecular weight is 353 g/mol. The average Bonchev–Trinajstić information content (AvgIpc) is 3.01. The molecule has 0 heterocycles. The fraction of sp³-hybridized carbons (Fsp3) is 0.364. The molecule has 1 N–H and O–H groups in total. The summed E-state index contributed by atoms with van der Waals surface area (Å²) >= 11 is 8.94. The molecule has 0 unspecified atom stereocenters. The van der Waals surface area contributed by atoms with E-state index in [1.54, 1.807) is 13.0 Å². The number of carbonyl (C=O) groups excluding carboxylic acids is 1. The summed E-state index contributed by atoms with van der Waals surface area (Å²) in [7, 11) is -3.89. The van der Waals surface area contributed by atoms with Gasteiger partial charge in [0.25, 0.3) is 10.0 Å². The summed E-state index contributed by atoms with van der Waals surface area (Å²) in [6, 6.07) is 4.47. The fourth-order valence-corrected chi connectivity index (χ4v) is 3.74. The highest BCUT2D eigenvalue weighted by Gasteiger charge is 2.46. The van der Waals surface area contributed by atoms with E-state index in [1.807, 2.05) is 0 Å². The van der Waals surface area contributed by atoms with Crippen molar-refractivity contribution in [2.45, 2.75) is 24.7 Å². The highest BCUT2D eigenvalue weighted by molar-refractivity contribution is 9.10. The van der Waals surface area contributed by atoms with Gasteiger partial charge in [0.1, 0.15) is 4.90 Å². The minimum absolute atomic E-state index is 0.0346. The lowest BCUT2D eigenvalue weighted by atomic mass is 10.1. The van der Waals surface area contributed by atoms with Gasteiger partial charge in [-0.15, -0.1) is 0 Å². The molecule has 0 radical (unpaired) electrons. The molecule has 1 saturated carbocycles. The van der Waals surface area contributed by atoms with Crippen molar-refractivity contribution in [1.82, 2.24) is 4.72 Å². The number of sulfonamides is 1. The van der Waals surface area contributed by atoms with Crippen molar-refractivity contribution >= 4 is 43.5 Å². The number of benzene rings is 1. The predicted octanol–water partition coefficient (Wildman–Crippen LogP) is 2.71. The zero-order valence-corrected chi connectivity index (χ0v) is 12.7. The summed E-state index contributed by atoms with van der Waals surface area (Å²) in [4.78, 5) is 11.7. The summed E-state index contributed by atoms with van der Waals surface area (Å²) in [6.07, 6.45) is 1.43. The second-order valence-corrected chi connectivity index (χ2v) is 7.40. The lowest BCUT2D eigenvalue weighted by molar-refractivity contribution is -0.123. The van der Waals surface area contributed by atoms with Crippen LogP contribution in [0.5, 0.6) is 0 Å². The van der Waals surface area contributed by atoms with Gasteiger partial charge in [0.2, 0.25) is 5.91 Å². The van der Waals surface area contributed by atoms with Crippen molar-refractivity contribution in [3.05, 3.63) is 27.7 Å². The highest BCUT2D eigenvalue weighted by atomic mass is 79.9. The zero-order chi connectivity index (χ0) is 13.6. The van der Waals surface area contributed by atoms with Gasteiger partial charge >= 0.3 is 0 Å². The molecule has 1 aliphatic carbocycles. The van der Waals surface area contributed by atoms with E-state index in [9.17, 15) is 13.2 Å². The lowest BCUT2D eigenvalue weighted by Gasteiger charge is -2.12. The molecule has 4 nitrogen and oxygen atoms in total. The first kappa shape index (κ1) is 13.8. The van der Waals surface area contributed by atoms with Crippen LogP contribution in [0.1, 0.15) is 19.8 Å². The van der Waals surface area contributed by atoms with Crippen LogP contribution in [0.4, 0.5) is 0 Å². The second-order valence-electron chi connectivity index (χ2n) is 4.55. The van der Waals surface area contributed by atoms with Crippen LogP contribution in [0.25, 0.3) is 0 Å². The first-order valence-corrected chi connectivity index (χ1v) is 7.93. The minimum atomic E-state index is -3.89. The smallest absolute Gasteiger partial charge is 0.265 e. The monoisotopic (exact) mass is 351 g/mol. The molecule has 1 amide bonds. The number of rotatable bonds is 3. The van der Waals surface area contributed by atoms with Crippen LogP contribution >= 0.6 is 27.5 Å². The molecule has 1 fully saturated rings. The normalized spacial score (nSPS) is 17.3. The Morgan fingerprint density at radius 1 is 1.44 bits per heavy atom. The van der Waals surface area contributed by atoms with E-state index in [2.05, 4.69) is 20.7 Å². The third-order valence-electron chi connectivity index (χ3n) is 2.98. The highest BCUT2D eigenvalue weighted by Crippen LogP contribution is 2.45. The van der Waals surface area contributed by atoms with Gasteiger partial charge in [0.15, 0.2) is 0 Å². The Bertz CT molecular complexity index is 611. The largest absolute Gasteiger partial charge is 0.273 e. The maximum atomic E-state index is 12.1. The van der Waals surface area contributed by atoms with Crippen LogP contribution in [-0.2, 0) is 14.8 Å². The number of halogens is 2. The minimum Gasteiger partial charge on any atom is -0.273 e. The second kappa shape index (κ2) is 4.51. The van der Waals surface area contributed by atoms with E-state index in [0.717, 1.165) is 0 Å². The SMILES string of the molecule is CC1(C(=O)NS(=O)(=O)c2cccc(Cl)c2Br)CC1. The van der Waals surface area contributed by atoms with Crippen LogP contribution in [-0.4, -0.2) is 14.3 Å². The Balaban J connectivity index is 2.31. The van der Waals surface area contributed by atoms with Gasteiger partial charge in [-0.05, 0) is 40.9 Å². The summed E-state index contributed by atoms with van der Waals surface area (Å²) in [5.74, 6) is -0.464. The van der Waals surface area contributed by atoms with Gasteiger partial charge in [0.05, 0.1) is 9.50 Å². The standard InChI is InChI=1S/C11H11BrClNO3S/c1-11(5-6-11)10(15)14-18(16,17)8-4-2-3-7(13)9(8)12/h2-4H,5-6H2,1H3,(H,14,15). The molecule has 1 aromatic carbocycles. The summed E-state index contributed by atoms with van der Waals surface area (Å²) in [5.41, 5.74) is -0.544. The lowest BCUT2D eigenvalue weighted by Crippen LogP contribution is -2.35. The first-order valence-electron chi connectivity index (χ1n) is 5.27. The van der Waals surface area contributed by atoms with Crippen molar-refractivity contribution in [3.63, 3.8) is 0 Å². The first-order chi connectivity index (χ1) is 8.26. The van der Waals surface area contributed by atoms with Crippen molar-refractivity contribution in [1.29, 1.82) is 0 Å². The molecule has 0 atom stereocenters. The Morgan fingerprint density at radius 2 is 2.06 bits per heavy atom. The number of nitrogens with one attached hydrogen (secondary N) is 1. The van der Waals surface area contributed by atoms with Crippen molar-refractivity contribution in [3.8, 4) is 0 Å². The number of amides is 1. The number of carbonyl (C=O) groups is 1. The third kappa shape index (κ3) is 2.55. The topological polar surface area (TPSA) is 63.2 Å². The molecule has 2 rings (SSSR count). The van der Waals surface area contributed by atoms with Gasteiger partial charge in [-0.3, -0.25) is 4.79 Å². The molecule has 0 bridgehead atoms. The van der Waals surface area contributed by atoms with Crippen molar-refractivity contribution in [2.75, 3.05) is 0 Å². The van der Waals surface area contributed by atoms with Gasteiger partial charge in [-0.1, -0.05) is 24.6 Å². The molecular formula is C11H11BrClNO3S. The number of hydrogen-bond donors (Lipinski definition) is 1. The third-order valence-corrected chi connectivity index (χ3v) is 6.01. The Labute approximate surface area is 119 Å². The summed E-state index contributed by atoms with van der Waals surface area (Å²) in [5, 5.41) is 0.281. The van der Waals surface area contributed by atoms with Crippen molar-refractivity contribution in [2.24, 2.45) is 5.41 Å². The molecule has 7 heteroatoms. The predicted molar refractivity (Wildman–Crippen MR) is 71.8 cm³/mol. The molecule has 0 spiro atoms. The van der Waals surface area contributed by atoms with E-state index >= 15 is 0 Å². The van der Waals surface area contributed by atoms with Crippen molar-refractivity contribution < 1.29 is 13.2 Å². The molecule has 0 aliphatic heterocycles. The van der Waals surface area contributed by atoms with Gasteiger partial charge in [-0.2, -0.15) is 0 Å². The Kier molecular flexibility index (Phi) is 3.46. The van der Waals surface area contributed by atoms with Gasteiger partial charge < -0.3 is 0 Å². The number of hydrogen-bond acceptors (Lipinski definition) is 3. The van der Waals surface area contributed by atoms with Gasteiger partial charge in [-0.25, -0.2) is 13.1 Å². The molecule has 18 heavy (non-hydrogen) atoms. The Hall–Kier alpha value is -0.590. The van der Waals surface area contributed by atoms with E-state index in [-0.39, 0.29) is 14.4 Å². The van der Waals surface area contributed by atoms with Crippen LogP contribution in [0.2, 0.25) is 5.02 Å². The van der Waals surface area contributed by atoms with Crippen LogP contribution < -0.4 is 4.72 Å². The molecule has 1 aromatic rings. The molecule has 0 aromatic heterocycles. The maximum Gasteiger partial charge on any atom is 0.265 e. The molecule has 98 valence electrons. The molecule has 0 saturated heterocycles. The fourth-order valence-electron chi connectivity index (χ4n) is 1.41. The van der Waals surface area contributed by atoms with E-state index in [1.165, 1.54) is 12.1 Å². The van der Waals surface area contributed by atoms with Crippen LogP contribution in [0, 0.1) is 5.41 Å². The summed E-state index contributed by atoms with van der Waals surface area (Å²) < 4.78 is 26.5. The van der Waals surface area contributed by atoms with Crippen LogP contribution in [0.3, 0.4) is 0 Å². The molecular weight excluding hydrogens is 342 g/mol. The summed E-state index contributed by atoms with van der Waals surface area (Å²) in [6.45, 7) is 1.74. The Morgan fingerprint density at radius 3 is 2.61 bits per heavy atom.